The molecule has 0 unspecified atom stereocenters. The molecule has 19 heavy (non-hydrogen) atoms. The van der Waals surface area contributed by atoms with Gasteiger partial charge in [0.2, 0.25) is 0 Å². The number of likely N-dealkylation sites (tertiary alicyclic amines) is 1. The standard InChI is InChI=1S/C13H16N2O4/c1-19-10-4-2-8(3-5-10)12(16)15-7-9(14)6-11(15)13(17)18/h2-5,9,11H,6-7,14H2,1H3,(H,17,18)/t9-,11-/m0/s1. The van der Waals surface area contributed by atoms with Gasteiger partial charge in [0.15, 0.2) is 0 Å². The monoisotopic (exact) mass is 264 g/mol. The first-order valence-corrected chi connectivity index (χ1v) is 5.96. The summed E-state index contributed by atoms with van der Waals surface area (Å²) in [5.41, 5.74) is 6.17. The van der Waals surface area contributed by atoms with Crippen LogP contribution in [0.1, 0.15) is 16.8 Å². The van der Waals surface area contributed by atoms with Gasteiger partial charge in [-0.05, 0) is 30.7 Å². The Labute approximate surface area is 110 Å². The topological polar surface area (TPSA) is 92.9 Å². The Morgan fingerprint density at radius 3 is 2.53 bits per heavy atom. The minimum absolute atomic E-state index is 0.266. The molecule has 3 N–H and O–H groups in total. The van der Waals surface area contributed by atoms with Crippen molar-refractivity contribution < 1.29 is 19.4 Å². The SMILES string of the molecule is COc1ccc(C(=O)N2C[C@@H](N)C[C@H]2C(=O)O)cc1. The minimum atomic E-state index is -1.02. The van der Waals surface area contributed by atoms with Gasteiger partial charge in [0.05, 0.1) is 7.11 Å². The largest absolute Gasteiger partial charge is 0.497 e. The van der Waals surface area contributed by atoms with E-state index < -0.39 is 12.0 Å². The van der Waals surface area contributed by atoms with Crippen molar-refractivity contribution in [3.05, 3.63) is 29.8 Å². The van der Waals surface area contributed by atoms with E-state index in [0.717, 1.165) is 0 Å². The Morgan fingerprint density at radius 1 is 1.37 bits per heavy atom. The van der Waals surface area contributed by atoms with E-state index in [-0.39, 0.29) is 24.9 Å². The van der Waals surface area contributed by atoms with Crippen LogP contribution in [-0.2, 0) is 4.79 Å². The van der Waals surface area contributed by atoms with Crippen molar-refractivity contribution in [3.63, 3.8) is 0 Å². The maximum Gasteiger partial charge on any atom is 0.326 e. The fraction of sp³-hybridized carbons (Fsp3) is 0.385. The fourth-order valence-electron chi connectivity index (χ4n) is 2.23. The summed E-state index contributed by atoms with van der Waals surface area (Å²) in [6.07, 6.45) is 0.289. The van der Waals surface area contributed by atoms with Crippen LogP contribution in [0, 0.1) is 0 Å². The van der Waals surface area contributed by atoms with Crippen molar-refractivity contribution in [2.24, 2.45) is 5.73 Å². The maximum atomic E-state index is 12.3. The van der Waals surface area contributed by atoms with Gasteiger partial charge in [-0.3, -0.25) is 4.79 Å². The van der Waals surface area contributed by atoms with Crippen LogP contribution in [0.4, 0.5) is 0 Å². The molecule has 2 rings (SSSR count). The smallest absolute Gasteiger partial charge is 0.326 e. The van der Waals surface area contributed by atoms with Crippen molar-refractivity contribution in [1.29, 1.82) is 0 Å². The fourth-order valence-corrected chi connectivity index (χ4v) is 2.23. The molecule has 1 amide bonds. The van der Waals surface area contributed by atoms with Gasteiger partial charge in [0, 0.05) is 18.2 Å². The van der Waals surface area contributed by atoms with Crippen LogP contribution < -0.4 is 10.5 Å². The molecule has 0 bridgehead atoms. The second-order valence-electron chi connectivity index (χ2n) is 4.54. The molecule has 0 spiro atoms. The van der Waals surface area contributed by atoms with E-state index in [0.29, 0.717) is 11.3 Å². The van der Waals surface area contributed by atoms with Gasteiger partial charge in [-0.1, -0.05) is 0 Å². The van der Waals surface area contributed by atoms with Crippen molar-refractivity contribution in [2.45, 2.75) is 18.5 Å². The highest BCUT2D eigenvalue weighted by Gasteiger charge is 2.38. The lowest BCUT2D eigenvalue weighted by atomic mass is 10.1. The predicted molar refractivity (Wildman–Crippen MR) is 68.0 cm³/mol. The van der Waals surface area contributed by atoms with E-state index >= 15 is 0 Å². The molecule has 0 aliphatic carbocycles. The van der Waals surface area contributed by atoms with Crippen molar-refractivity contribution in [3.8, 4) is 5.75 Å². The number of carbonyl (C=O) groups is 2. The lowest BCUT2D eigenvalue weighted by molar-refractivity contribution is -0.141. The van der Waals surface area contributed by atoms with Gasteiger partial charge < -0.3 is 20.5 Å². The molecule has 0 radical (unpaired) electrons. The van der Waals surface area contributed by atoms with Crippen molar-refractivity contribution in [1.82, 2.24) is 4.90 Å². The lowest BCUT2D eigenvalue weighted by Crippen LogP contribution is -2.40. The average molecular weight is 264 g/mol. The molecule has 0 aromatic heterocycles. The summed E-state index contributed by atoms with van der Waals surface area (Å²) in [5.74, 6) is -0.692. The highest BCUT2D eigenvalue weighted by Crippen LogP contribution is 2.21. The summed E-state index contributed by atoms with van der Waals surface area (Å²) < 4.78 is 5.01. The van der Waals surface area contributed by atoms with Gasteiger partial charge in [0.1, 0.15) is 11.8 Å². The third kappa shape index (κ3) is 2.68. The summed E-state index contributed by atoms with van der Waals surface area (Å²) in [6.45, 7) is 0.266. The molecular formula is C13H16N2O4. The van der Waals surface area contributed by atoms with Gasteiger partial charge in [-0.25, -0.2) is 4.79 Å². The second kappa shape index (κ2) is 5.27. The molecule has 102 valence electrons. The number of benzene rings is 1. The number of hydrogen-bond acceptors (Lipinski definition) is 4. The molecule has 6 nitrogen and oxygen atoms in total. The van der Waals surface area contributed by atoms with Crippen LogP contribution in [-0.4, -0.2) is 47.6 Å². The normalized spacial score (nSPS) is 22.3. The maximum absolute atomic E-state index is 12.3. The van der Waals surface area contributed by atoms with Crippen LogP contribution in [0.2, 0.25) is 0 Å². The second-order valence-corrected chi connectivity index (χ2v) is 4.54. The first-order chi connectivity index (χ1) is 9.02. The van der Waals surface area contributed by atoms with Crippen LogP contribution in [0.25, 0.3) is 0 Å². The van der Waals surface area contributed by atoms with Crippen molar-refractivity contribution in [2.75, 3.05) is 13.7 Å². The third-order valence-corrected chi connectivity index (χ3v) is 3.22. The number of carboxylic acids is 1. The number of rotatable bonds is 3. The molecule has 2 atom stereocenters. The zero-order valence-electron chi connectivity index (χ0n) is 10.6. The van der Waals surface area contributed by atoms with Gasteiger partial charge in [0.25, 0.3) is 5.91 Å². The summed E-state index contributed by atoms with van der Waals surface area (Å²) in [5, 5.41) is 9.11. The Hall–Kier alpha value is -2.08. The highest BCUT2D eigenvalue weighted by molar-refractivity contribution is 5.97. The van der Waals surface area contributed by atoms with E-state index in [4.69, 9.17) is 15.6 Å². The molecule has 1 saturated heterocycles. The lowest BCUT2D eigenvalue weighted by Gasteiger charge is -2.21. The number of ether oxygens (including phenoxy) is 1. The molecule has 1 aliphatic heterocycles. The Balaban J connectivity index is 2.20. The van der Waals surface area contributed by atoms with E-state index in [1.165, 1.54) is 12.0 Å². The Morgan fingerprint density at radius 2 is 2.00 bits per heavy atom. The quantitative estimate of drug-likeness (QED) is 0.820. The number of aliphatic carboxylic acids is 1. The molecule has 1 aromatic carbocycles. The van der Waals surface area contributed by atoms with Crippen LogP contribution in [0.3, 0.4) is 0 Å². The number of carbonyl (C=O) groups excluding carboxylic acids is 1. The van der Waals surface area contributed by atoms with E-state index in [2.05, 4.69) is 0 Å². The van der Waals surface area contributed by atoms with Gasteiger partial charge >= 0.3 is 5.97 Å². The van der Waals surface area contributed by atoms with E-state index in [9.17, 15) is 9.59 Å². The van der Waals surface area contributed by atoms with E-state index in [1.807, 2.05) is 0 Å². The number of nitrogens with zero attached hydrogens (tertiary/aromatic N) is 1. The Bertz CT molecular complexity index is 486. The number of hydrogen-bond donors (Lipinski definition) is 2. The Kier molecular flexibility index (Phi) is 3.71. The molecule has 6 heteroatoms. The highest BCUT2D eigenvalue weighted by atomic mass is 16.5. The summed E-state index contributed by atoms with van der Waals surface area (Å²) in [7, 11) is 1.54. The summed E-state index contributed by atoms with van der Waals surface area (Å²) >= 11 is 0. The van der Waals surface area contributed by atoms with E-state index in [1.54, 1.807) is 24.3 Å². The molecule has 1 fully saturated rings. The van der Waals surface area contributed by atoms with Crippen LogP contribution in [0.5, 0.6) is 5.75 Å². The summed E-state index contributed by atoms with van der Waals surface area (Å²) in [4.78, 5) is 24.7. The number of nitrogens with two attached hydrogens (primary N) is 1. The van der Waals surface area contributed by atoms with Gasteiger partial charge in [-0.15, -0.1) is 0 Å². The molecule has 1 aromatic rings. The third-order valence-electron chi connectivity index (χ3n) is 3.22. The number of amides is 1. The van der Waals surface area contributed by atoms with Crippen LogP contribution >= 0.6 is 0 Å². The molecule has 1 aliphatic rings. The molecule has 0 saturated carbocycles. The summed E-state index contributed by atoms with van der Waals surface area (Å²) in [6, 6.07) is 5.43. The first kappa shape index (κ1) is 13.4. The molecular weight excluding hydrogens is 248 g/mol. The first-order valence-electron chi connectivity index (χ1n) is 5.96. The van der Waals surface area contributed by atoms with Crippen LogP contribution in [0.15, 0.2) is 24.3 Å². The molecule has 1 heterocycles. The number of carboxylic acid groups (broad SMARTS) is 1. The average Bonchev–Trinajstić information content (AvgIpc) is 2.80. The van der Waals surface area contributed by atoms with Gasteiger partial charge in [-0.2, -0.15) is 0 Å². The zero-order valence-corrected chi connectivity index (χ0v) is 10.6. The minimum Gasteiger partial charge on any atom is -0.497 e. The predicted octanol–water partition coefficient (Wildman–Crippen LogP) is 0.322. The number of methoxy groups -OCH3 is 1. The zero-order chi connectivity index (χ0) is 14.0. The van der Waals surface area contributed by atoms with Crippen molar-refractivity contribution >= 4 is 11.9 Å².